The van der Waals surface area contributed by atoms with Gasteiger partial charge in [0, 0.05) is 24.2 Å². The van der Waals surface area contributed by atoms with Gasteiger partial charge in [0.1, 0.15) is 5.76 Å². The van der Waals surface area contributed by atoms with Crippen LogP contribution < -0.4 is 5.32 Å². The molecule has 1 fully saturated rings. The summed E-state index contributed by atoms with van der Waals surface area (Å²) in [6.07, 6.45) is 7.42. The van der Waals surface area contributed by atoms with Crippen LogP contribution in [0.3, 0.4) is 0 Å². The molecule has 4 rings (SSSR count). The fourth-order valence-corrected chi connectivity index (χ4v) is 5.02. The number of rotatable bonds is 12. The van der Waals surface area contributed by atoms with Crippen LogP contribution in [-0.2, 0) is 17.8 Å². The number of hydrogen-bond acceptors (Lipinski definition) is 4. The number of amides is 1. The van der Waals surface area contributed by atoms with E-state index in [9.17, 15) is 13.6 Å². The topological polar surface area (TPSA) is 95.7 Å². The third-order valence-corrected chi connectivity index (χ3v) is 7.44. The van der Waals surface area contributed by atoms with Crippen molar-refractivity contribution in [2.24, 2.45) is 0 Å². The van der Waals surface area contributed by atoms with Gasteiger partial charge in [0.15, 0.2) is 0 Å². The Morgan fingerprint density at radius 3 is 2.57 bits per heavy atom. The molecule has 0 radical (unpaired) electrons. The lowest BCUT2D eigenvalue weighted by molar-refractivity contribution is 0.0964. The predicted octanol–water partition coefficient (Wildman–Crippen LogP) is 6.29. The molecule has 0 bridgehead atoms. The summed E-state index contributed by atoms with van der Waals surface area (Å²) in [5.74, 6) is 0.517. The Labute approximate surface area is 213 Å². The molecule has 2 aromatic heterocycles. The smallest absolute Gasteiger partial charge is 0.255 e. The van der Waals surface area contributed by atoms with Crippen LogP contribution in [-0.4, -0.2) is 37.6 Å². The van der Waals surface area contributed by atoms with E-state index < -0.39 is 11.3 Å². The Morgan fingerprint density at radius 1 is 1.23 bits per heavy atom. The van der Waals surface area contributed by atoms with Crippen LogP contribution in [0.4, 0.5) is 0 Å². The molecule has 188 valence electrons. The van der Waals surface area contributed by atoms with Crippen LogP contribution >= 0.6 is 11.6 Å². The zero-order valence-electron chi connectivity index (χ0n) is 20.2. The van der Waals surface area contributed by atoms with Gasteiger partial charge in [0.25, 0.3) is 5.91 Å². The van der Waals surface area contributed by atoms with Crippen molar-refractivity contribution in [1.82, 2.24) is 14.6 Å². The van der Waals surface area contributed by atoms with E-state index in [1.165, 1.54) is 6.42 Å². The number of carbonyl (C=O) groups is 1. The van der Waals surface area contributed by atoms with Gasteiger partial charge >= 0.3 is 0 Å². The second-order valence-corrected chi connectivity index (χ2v) is 10.5. The minimum atomic E-state index is -2.10. The lowest BCUT2D eigenvalue weighted by atomic mass is 10.0. The number of fused-ring (bicyclic) bond motifs is 1. The highest BCUT2D eigenvalue weighted by Gasteiger charge is 2.31. The molecular formula is C26H32ClN3O4S. The minimum Gasteiger partial charge on any atom is -0.437 e. The molecule has 1 amide bonds. The SMILES string of the molecule is CCCCCCCN(Cc1nc2oc(-c3ccc(Cl)cc3)c(C(=O)NC)c2cc1C1CC1)S(=O)O. The van der Waals surface area contributed by atoms with Crippen molar-refractivity contribution >= 4 is 39.9 Å². The third kappa shape index (κ3) is 6.12. The summed E-state index contributed by atoms with van der Waals surface area (Å²) < 4.78 is 29.7. The number of nitrogens with zero attached hydrogens (tertiary/aromatic N) is 2. The van der Waals surface area contributed by atoms with Crippen molar-refractivity contribution in [1.29, 1.82) is 0 Å². The van der Waals surface area contributed by atoms with Gasteiger partial charge < -0.3 is 9.73 Å². The Balaban J connectivity index is 1.72. The summed E-state index contributed by atoms with van der Waals surface area (Å²) in [4.78, 5) is 17.7. The number of nitrogens with one attached hydrogen (secondary N) is 1. The quantitative estimate of drug-likeness (QED) is 0.217. The van der Waals surface area contributed by atoms with E-state index in [1.807, 2.05) is 18.2 Å². The van der Waals surface area contributed by atoms with Crippen molar-refractivity contribution < 1.29 is 18.0 Å². The van der Waals surface area contributed by atoms with E-state index in [1.54, 1.807) is 23.5 Å². The Bertz CT molecular complexity index is 1210. The number of furan rings is 1. The highest BCUT2D eigenvalue weighted by molar-refractivity contribution is 7.76. The fraction of sp³-hybridized carbons (Fsp3) is 0.462. The lowest BCUT2D eigenvalue weighted by Gasteiger charge is -2.19. The molecular weight excluding hydrogens is 486 g/mol. The first-order chi connectivity index (χ1) is 16.9. The van der Waals surface area contributed by atoms with Gasteiger partial charge in [0.2, 0.25) is 17.0 Å². The standard InChI is InChI=1S/C26H32ClN3O4S/c1-3-4-5-6-7-14-30(35(32)33)16-22-20(17-8-9-17)15-21-23(25(31)28-2)24(34-26(21)29-22)18-10-12-19(27)13-11-18/h10-13,15,17H,3-9,14,16H2,1-2H3,(H,28,31)(H,32,33). The number of pyridine rings is 1. The summed E-state index contributed by atoms with van der Waals surface area (Å²) in [5, 5.41) is 3.95. The fourth-order valence-electron chi connectivity index (χ4n) is 4.38. The van der Waals surface area contributed by atoms with Gasteiger partial charge in [0.05, 0.1) is 23.2 Å². The van der Waals surface area contributed by atoms with Gasteiger partial charge in [-0.05, 0) is 61.1 Å². The Hall–Kier alpha value is -2.26. The van der Waals surface area contributed by atoms with Crippen LogP contribution in [0.1, 0.15) is 79.4 Å². The van der Waals surface area contributed by atoms with E-state index in [0.717, 1.165) is 55.3 Å². The number of carbonyl (C=O) groups excluding carboxylic acids is 1. The monoisotopic (exact) mass is 517 g/mol. The van der Waals surface area contributed by atoms with Gasteiger partial charge in [-0.25, -0.2) is 9.19 Å². The first-order valence-corrected chi connectivity index (χ1v) is 13.7. The van der Waals surface area contributed by atoms with Crippen LogP contribution in [0.5, 0.6) is 0 Å². The Kier molecular flexibility index (Phi) is 8.59. The maximum Gasteiger partial charge on any atom is 0.255 e. The highest BCUT2D eigenvalue weighted by Crippen LogP contribution is 2.44. The summed E-state index contributed by atoms with van der Waals surface area (Å²) in [6, 6.07) is 9.11. The van der Waals surface area contributed by atoms with E-state index in [0.29, 0.717) is 39.9 Å². The summed E-state index contributed by atoms with van der Waals surface area (Å²) >= 11 is 3.95. The Morgan fingerprint density at radius 2 is 1.94 bits per heavy atom. The molecule has 3 aromatic rings. The molecule has 1 aliphatic rings. The first-order valence-electron chi connectivity index (χ1n) is 12.2. The van der Waals surface area contributed by atoms with Crippen LogP contribution in [0.15, 0.2) is 34.7 Å². The molecule has 7 nitrogen and oxygen atoms in total. The minimum absolute atomic E-state index is 0.254. The number of hydrogen-bond donors (Lipinski definition) is 2. The number of aromatic nitrogens is 1. The van der Waals surface area contributed by atoms with E-state index in [-0.39, 0.29) is 12.5 Å². The average Bonchev–Trinajstić information content (AvgIpc) is 3.63. The van der Waals surface area contributed by atoms with E-state index in [4.69, 9.17) is 21.0 Å². The van der Waals surface area contributed by atoms with Crippen molar-refractivity contribution in [3.8, 4) is 11.3 Å². The molecule has 0 spiro atoms. The number of halogens is 1. The third-order valence-electron chi connectivity index (χ3n) is 6.43. The molecule has 2 N–H and O–H groups in total. The number of unbranched alkanes of at least 4 members (excludes halogenated alkanes) is 4. The van der Waals surface area contributed by atoms with E-state index >= 15 is 0 Å². The van der Waals surface area contributed by atoms with Crippen LogP contribution in [0.2, 0.25) is 5.02 Å². The predicted molar refractivity (Wildman–Crippen MR) is 140 cm³/mol. The largest absolute Gasteiger partial charge is 0.437 e. The number of benzene rings is 1. The van der Waals surface area contributed by atoms with Gasteiger partial charge in [-0.3, -0.25) is 9.35 Å². The molecule has 0 saturated heterocycles. The average molecular weight is 518 g/mol. The van der Waals surface area contributed by atoms with Crippen molar-refractivity contribution in [2.75, 3.05) is 13.6 Å². The summed E-state index contributed by atoms with van der Waals surface area (Å²) in [5.41, 5.74) is 3.26. The van der Waals surface area contributed by atoms with E-state index in [2.05, 4.69) is 12.2 Å². The maximum absolute atomic E-state index is 12.9. The maximum atomic E-state index is 12.9. The molecule has 9 heteroatoms. The summed E-state index contributed by atoms with van der Waals surface area (Å²) in [7, 11) is 1.59. The second kappa shape index (κ2) is 11.6. The zero-order chi connectivity index (χ0) is 24.9. The van der Waals surface area contributed by atoms with Crippen LogP contribution in [0.25, 0.3) is 22.4 Å². The lowest BCUT2D eigenvalue weighted by Crippen LogP contribution is -2.27. The molecule has 1 unspecified atom stereocenters. The molecule has 1 atom stereocenters. The molecule has 0 aliphatic heterocycles. The molecule has 2 heterocycles. The van der Waals surface area contributed by atoms with Gasteiger partial charge in [-0.2, -0.15) is 4.31 Å². The molecule has 1 saturated carbocycles. The summed E-state index contributed by atoms with van der Waals surface area (Å²) in [6.45, 7) is 2.94. The molecule has 1 aromatic carbocycles. The van der Waals surface area contributed by atoms with Gasteiger partial charge in [-0.1, -0.05) is 44.2 Å². The molecule has 35 heavy (non-hydrogen) atoms. The van der Waals surface area contributed by atoms with Crippen molar-refractivity contribution in [3.05, 3.63) is 52.2 Å². The first kappa shape index (κ1) is 25.8. The van der Waals surface area contributed by atoms with Crippen molar-refractivity contribution in [3.63, 3.8) is 0 Å². The highest BCUT2D eigenvalue weighted by atomic mass is 35.5. The van der Waals surface area contributed by atoms with Gasteiger partial charge in [-0.15, -0.1) is 0 Å². The zero-order valence-corrected chi connectivity index (χ0v) is 21.8. The molecule has 1 aliphatic carbocycles. The second-order valence-electron chi connectivity index (χ2n) is 9.05. The van der Waals surface area contributed by atoms with Crippen molar-refractivity contribution in [2.45, 2.75) is 64.3 Å². The van der Waals surface area contributed by atoms with Crippen LogP contribution in [0, 0.1) is 0 Å². The normalized spacial score (nSPS) is 14.5.